The summed E-state index contributed by atoms with van der Waals surface area (Å²) in [4.78, 5) is 24.8. The average Bonchev–Trinajstić information content (AvgIpc) is 2.56. The molecule has 1 aromatic heterocycles. The number of aromatic hydroxyl groups is 1. The van der Waals surface area contributed by atoms with Crippen molar-refractivity contribution in [3.63, 3.8) is 0 Å². The first-order valence-corrected chi connectivity index (χ1v) is 7.62. The number of hydrogen-bond donors (Lipinski definition) is 1. The van der Waals surface area contributed by atoms with Crippen LogP contribution in [0.4, 0.5) is 0 Å². The highest BCUT2D eigenvalue weighted by Crippen LogP contribution is 2.34. The molecule has 0 aliphatic carbocycles. The van der Waals surface area contributed by atoms with Crippen LogP contribution >= 0.6 is 0 Å². The van der Waals surface area contributed by atoms with E-state index >= 15 is 0 Å². The van der Waals surface area contributed by atoms with Crippen LogP contribution in [0, 0.1) is 6.92 Å². The van der Waals surface area contributed by atoms with E-state index in [0.29, 0.717) is 16.9 Å². The number of ketones is 1. The maximum Gasteiger partial charge on any atom is 0.270 e. The molecule has 3 rings (SSSR count). The summed E-state index contributed by atoms with van der Waals surface area (Å²) in [7, 11) is 0. The Hall–Kier alpha value is -3.14. The van der Waals surface area contributed by atoms with Gasteiger partial charge >= 0.3 is 0 Å². The fraction of sp³-hybridized carbons (Fsp3) is 0.100. The highest BCUT2D eigenvalue weighted by molar-refractivity contribution is 5.99. The number of para-hydroxylation sites is 1. The van der Waals surface area contributed by atoms with Crippen molar-refractivity contribution in [1.82, 2.24) is 4.57 Å². The maximum atomic E-state index is 12.8. The Labute approximate surface area is 139 Å². The number of pyridine rings is 1. The summed E-state index contributed by atoms with van der Waals surface area (Å²) in [6.45, 7) is 3.05. The summed E-state index contributed by atoms with van der Waals surface area (Å²) < 4.78 is 1.47. The van der Waals surface area contributed by atoms with Crippen molar-refractivity contribution < 1.29 is 9.90 Å². The number of aromatic nitrogens is 1. The van der Waals surface area contributed by atoms with E-state index in [1.807, 2.05) is 48.5 Å². The Bertz CT molecular complexity index is 958. The van der Waals surface area contributed by atoms with Crippen molar-refractivity contribution in [2.24, 2.45) is 0 Å². The highest BCUT2D eigenvalue weighted by Gasteiger charge is 2.23. The second-order valence-electron chi connectivity index (χ2n) is 5.58. The summed E-state index contributed by atoms with van der Waals surface area (Å²) >= 11 is 0. The molecule has 120 valence electrons. The number of Topliss-reactive ketones (excluding diaryl/α,β-unsaturated/α-hetero) is 1. The average molecular weight is 319 g/mol. The SMILES string of the molecule is CC(=O)c1c(O)c(-c2ccccc2)c(C)n(-c2ccccc2)c1=O. The zero-order valence-corrected chi connectivity index (χ0v) is 13.5. The van der Waals surface area contributed by atoms with Gasteiger partial charge in [0.1, 0.15) is 11.3 Å². The molecular weight excluding hydrogens is 302 g/mol. The van der Waals surface area contributed by atoms with Crippen molar-refractivity contribution in [3.8, 4) is 22.6 Å². The third kappa shape index (κ3) is 2.52. The summed E-state index contributed by atoms with van der Waals surface area (Å²) in [6.07, 6.45) is 0. The molecule has 4 heteroatoms. The summed E-state index contributed by atoms with van der Waals surface area (Å²) in [5.41, 5.74) is 1.77. The number of hydrogen-bond acceptors (Lipinski definition) is 3. The van der Waals surface area contributed by atoms with Crippen molar-refractivity contribution in [3.05, 3.63) is 82.3 Å². The number of carbonyl (C=O) groups excluding carboxylic acids is 1. The Kier molecular flexibility index (Phi) is 4.04. The molecule has 0 bridgehead atoms. The number of benzene rings is 2. The van der Waals surface area contributed by atoms with Crippen LogP contribution in [0.5, 0.6) is 5.75 Å². The van der Waals surface area contributed by atoms with Crippen LogP contribution in [-0.2, 0) is 0 Å². The largest absolute Gasteiger partial charge is 0.506 e. The lowest BCUT2D eigenvalue weighted by Gasteiger charge is -2.18. The van der Waals surface area contributed by atoms with Gasteiger partial charge in [-0.1, -0.05) is 48.5 Å². The number of nitrogens with zero attached hydrogens (tertiary/aromatic N) is 1. The standard InChI is InChI=1S/C20H17NO3/c1-13-17(15-9-5-3-6-10-15)19(23)18(14(2)22)20(24)21(13)16-11-7-4-8-12-16/h3-12,23H,1-2H3. The van der Waals surface area contributed by atoms with Gasteiger partial charge in [0.15, 0.2) is 5.78 Å². The molecule has 0 amide bonds. The molecule has 1 N–H and O–H groups in total. The minimum absolute atomic E-state index is 0.191. The van der Waals surface area contributed by atoms with Gasteiger partial charge in [0.05, 0.1) is 0 Å². The first-order valence-electron chi connectivity index (χ1n) is 7.62. The second kappa shape index (κ2) is 6.16. The molecule has 0 unspecified atom stereocenters. The number of carbonyl (C=O) groups is 1. The lowest BCUT2D eigenvalue weighted by atomic mass is 9.98. The fourth-order valence-electron chi connectivity index (χ4n) is 2.93. The Morgan fingerprint density at radius 1 is 0.958 bits per heavy atom. The molecule has 0 aliphatic rings. The van der Waals surface area contributed by atoms with Crippen molar-refractivity contribution >= 4 is 5.78 Å². The normalized spacial score (nSPS) is 10.6. The summed E-state index contributed by atoms with van der Waals surface area (Å²) in [5, 5.41) is 10.6. The molecule has 0 saturated carbocycles. The van der Waals surface area contributed by atoms with Gasteiger partial charge in [-0.25, -0.2) is 0 Å². The fourth-order valence-corrected chi connectivity index (χ4v) is 2.93. The zero-order valence-electron chi connectivity index (χ0n) is 13.5. The third-order valence-electron chi connectivity index (χ3n) is 4.02. The quantitative estimate of drug-likeness (QED) is 0.749. The third-order valence-corrected chi connectivity index (χ3v) is 4.02. The van der Waals surface area contributed by atoms with E-state index in [9.17, 15) is 14.7 Å². The van der Waals surface area contributed by atoms with E-state index in [-0.39, 0.29) is 11.3 Å². The van der Waals surface area contributed by atoms with E-state index in [4.69, 9.17) is 0 Å². The first-order chi connectivity index (χ1) is 11.5. The van der Waals surface area contributed by atoms with Crippen molar-refractivity contribution in [1.29, 1.82) is 0 Å². The first kappa shape index (κ1) is 15.7. The van der Waals surface area contributed by atoms with E-state index in [2.05, 4.69) is 0 Å². The maximum absolute atomic E-state index is 12.8. The minimum Gasteiger partial charge on any atom is -0.506 e. The van der Waals surface area contributed by atoms with Crippen molar-refractivity contribution in [2.45, 2.75) is 13.8 Å². The van der Waals surface area contributed by atoms with Gasteiger partial charge in [0.25, 0.3) is 5.56 Å². The predicted molar refractivity (Wildman–Crippen MR) is 93.9 cm³/mol. The van der Waals surface area contributed by atoms with E-state index in [1.165, 1.54) is 11.5 Å². The van der Waals surface area contributed by atoms with Gasteiger partial charge < -0.3 is 5.11 Å². The smallest absolute Gasteiger partial charge is 0.270 e. The molecule has 0 fully saturated rings. The van der Waals surface area contributed by atoms with Crippen LogP contribution < -0.4 is 5.56 Å². The second-order valence-corrected chi connectivity index (χ2v) is 5.58. The highest BCUT2D eigenvalue weighted by atomic mass is 16.3. The van der Waals surface area contributed by atoms with Gasteiger partial charge in [-0.15, -0.1) is 0 Å². The molecular formula is C20H17NO3. The summed E-state index contributed by atoms with van der Waals surface area (Å²) in [5.74, 6) is -0.720. The molecule has 0 aliphatic heterocycles. The van der Waals surface area contributed by atoms with Gasteiger partial charge in [-0.3, -0.25) is 14.2 Å². The monoisotopic (exact) mass is 319 g/mol. The van der Waals surface area contributed by atoms with E-state index < -0.39 is 11.3 Å². The molecule has 3 aromatic rings. The van der Waals surface area contributed by atoms with Crippen LogP contribution in [0.1, 0.15) is 23.0 Å². The topological polar surface area (TPSA) is 59.3 Å². The zero-order chi connectivity index (χ0) is 17.3. The van der Waals surface area contributed by atoms with Gasteiger partial charge in [0, 0.05) is 16.9 Å². The van der Waals surface area contributed by atoms with Crippen LogP contribution in [0.3, 0.4) is 0 Å². The van der Waals surface area contributed by atoms with Crippen LogP contribution in [0.25, 0.3) is 16.8 Å². The summed E-state index contributed by atoms with van der Waals surface area (Å²) in [6, 6.07) is 18.3. The molecule has 4 nitrogen and oxygen atoms in total. The van der Waals surface area contributed by atoms with Crippen LogP contribution in [0.15, 0.2) is 65.5 Å². The molecule has 0 spiro atoms. The van der Waals surface area contributed by atoms with Crippen LogP contribution in [-0.4, -0.2) is 15.5 Å². The molecule has 24 heavy (non-hydrogen) atoms. The molecule has 2 aromatic carbocycles. The lowest BCUT2D eigenvalue weighted by molar-refractivity contribution is 0.101. The Morgan fingerprint density at radius 3 is 2.04 bits per heavy atom. The predicted octanol–water partition coefficient (Wildman–Crippen LogP) is 3.72. The van der Waals surface area contributed by atoms with Gasteiger partial charge in [-0.2, -0.15) is 0 Å². The van der Waals surface area contributed by atoms with Crippen LogP contribution in [0.2, 0.25) is 0 Å². The van der Waals surface area contributed by atoms with E-state index in [1.54, 1.807) is 19.1 Å². The lowest BCUT2D eigenvalue weighted by Crippen LogP contribution is -2.27. The van der Waals surface area contributed by atoms with Gasteiger partial charge in [0.2, 0.25) is 0 Å². The van der Waals surface area contributed by atoms with Gasteiger partial charge in [-0.05, 0) is 31.5 Å². The minimum atomic E-state index is -0.511. The van der Waals surface area contributed by atoms with E-state index in [0.717, 1.165) is 5.56 Å². The Balaban J connectivity index is 2.46. The molecule has 0 atom stereocenters. The number of rotatable bonds is 3. The molecule has 0 radical (unpaired) electrons. The molecule has 1 heterocycles. The Morgan fingerprint density at radius 2 is 1.50 bits per heavy atom. The van der Waals surface area contributed by atoms with Crippen molar-refractivity contribution in [2.75, 3.05) is 0 Å². The molecule has 0 saturated heterocycles.